The summed E-state index contributed by atoms with van der Waals surface area (Å²) in [6.07, 6.45) is -0.598. The molecule has 1 aromatic rings. The summed E-state index contributed by atoms with van der Waals surface area (Å²) in [5.41, 5.74) is 0.846. The average molecular weight is 226 g/mol. The Hall–Kier alpha value is -0.940. The van der Waals surface area contributed by atoms with Gasteiger partial charge in [-0.15, -0.1) is 0 Å². The van der Waals surface area contributed by atoms with Crippen LogP contribution >= 0.6 is 0 Å². The van der Waals surface area contributed by atoms with Crippen molar-refractivity contribution in [1.29, 1.82) is 0 Å². The Morgan fingerprint density at radius 3 is 2.38 bits per heavy atom. The van der Waals surface area contributed by atoms with E-state index in [-0.39, 0.29) is 13.2 Å². The summed E-state index contributed by atoms with van der Waals surface area (Å²) in [4.78, 5) is 0. The molecule has 0 aliphatic rings. The molecule has 1 aromatic carbocycles. The van der Waals surface area contributed by atoms with Gasteiger partial charge in [-0.2, -0.15) is 0 Å². The second-order valence-corrected chi connectivity index (χ2v) is 3.34. The molecule has 90 valence electrons. The predicted molar refractivity (Wildman–Crippen MR) is 60.1 cm³/mol. The molecule has 0 saturated carbocycles. The third-order valence-electron chi connectivity index (χ3n) is 2.07. The van der Waals surface area contributed by atoms with E-state index in [2.05, 4.69) is 0 Å². The number of benzene rings is 1. The van der Waals surface area contributed by atoms with Crippen LogP contribution in [0.2, 0.25) is 0 Å². The highest BCUT2D eigenvalue weighted by Gasteiger charge is 2.05. The van der Waals surface area contributed by atoms with Gasteiger partial charge in [0.25, 0.3) is 0 Å². The molecule has 0 radical (unpaired) electrons. The standard InChI is InChI=1S/C12H18O4/c13-6-7-15-8-9-16-10-12(14)11-4-2-1-3-5-11/h1-5,12-14H,6-10H2. The fourth-order valence-corrected chi connectivity index (χ4v) is 1.25. The molecular weight excluding hydrogens is 208 g/mol. The van der Waals surface area contributed by atoms with Gasteiger partial charge in [-0.05, 0) is 5.56 Å². The van der Waals surface area contributed by atoms with Crippen LogP contribution in [0.4, 0.5) is 0 Å². The molecule has 16 heavy (non-hydrogen) atoms. The van der Waals surface area contributed by atoms with Crippen molar-refractivity contribution in [2.24, 2.45) is 0 Å². The summed E-state index contributed by atoms with van der Waals surface area (Å²) in [5.74, 6) is 0. The first-order valence-corrected chi connectivity index (χ1v) is 5.34. The monoisotopic (exact) mass is 226 g/mol. The van der Waals surface area contributed by atoms with Crippen molar-refractivity contribution < 1.29 is 19.7 Å². The average Bonchev–Trinajstić information content (AvgIpc) is 2.34. The van der Waals surface area contributed by atoms with Crippen molar-refractivity contribution in [3.05, 3.63) is 35.9 Å². The maximum atomic E-state index is 9.72. The van der Waals surface area contributed by atoms with E-state index in [1.807, 2.05) is 30.3 Å². The second kappa shape index (κ2) is 8.24. The Labute approximate surface area is 95.4 Å². The Kier molecular flexibility index (Phi) is 6.76. The predicted octanol–water partition coefficient (Wildman–Crippen LogP) is 0.745. The van der Waals surface area contributed by atoms with Crippen LogP contribution < -0.4 is 0 Å². The lowest BCUT2D eigenvalue weighted by molar-refractivity contribution is -0.00263. The van der Waals surface area contributed by atoms with E-state index in [9.17, 15) is 5.11 Å². The van der Waals surface area contributed by atoms with Gasteiger partial charge in [0.1, 0.15) is 6.10 Å². The molecule has 0 bridgehead atoms. The van der Waals surface area contributed by atoms with Gasteiger partial charge in [0.15, 0.2) is 0 Å². The number of ether oxygens (including phenoxy) is 2. The largest absolute Gasteiger partial charge is 0.394 e. The van der Waals surface area contributed by atoms with Crippen LogP contribution in [0, 0.1) is 0 Å². The highest BCUT2D eigenvalue weighted by atomic mass is 16.5. The van der Waals surface area contributed by atoms with Gasteiger partial charge >= 0.3 is 0 Å². The van der Waals surface area contributed by atoms with Crippen LogP contribution in [-0.2, 0) is 9.47 Å². The smallest absolute Gasteiger partial charge is 0.102 e. The van der Waals surface area contributed by atoms with Crippen LogP contribution in [0.3, 0.4) is 0 Å². The van der Waals surface area contributed by atoms with E-state index in [0.29, 0.717) is 19.8 Å². The highest BCUT2D eigenvalue weighted by Crippen LogP contribution is 2.11. The molecule has 0 fully saturated rings. The summed E-state index contributed by atoms with van der Waals surface area (Å²) < 4.78 is 10.3. The minimum atomic E-state index is -0.598. The summed E-state index contributed by atoms with van der Waals surface area (Å²) in [7, 11) is 0. The summed E-state index contributed by atoms with van der Waals surface area (Å²) in [5, 5.41) is 18.2. The maximum absolute atomic E-state index is 9.72. The van der Waals surface area contributed by atoms with Crippen molar-refractivity contribution in [2.75, 3.05) is 33.0 Å². The van der Waals surface area contributed by atoms with Crippen molar-refractivity contribution in [2.45, 2.75) is 6.10 Å². The summed E-state index contributed by atoms with van der Waals surface area (Å²) in [6.45, 7) is 1.45. The number of hydrogen-bond acceptors (Lipinski definition) is 4. The number of aliphatic hydroxyl groups is 2. The Morgan fingerprint density at radius 1 is 1.00 bits per heavy atom. The molecule has 0 heterocycles. The molecule has 0 amide bonds. The number of rotatable bonds is 8. The number of hydrogen-bond donors (Lipinski definition) is 2. The lowest BCUT2D eigenvalue weighted by atomic mass is 10.1. The first kappa shape index (κ1) is 13.1. The fraction of sp³-hybridized carbons (Fsp3) is 0.500. The van der Waals surface area contributed by atoms with Crippen LogP contribution in [0.5, 0.6) is 0 Å². The summed E-state index contributed by atoms with van der Waals surface area (Å²) >= 11 is 0. The summed E-state index contributed by atoms with van der Waals surface area (Å²) in [6, 6.07) is 9.37. The molecule has 1 atom stereocenters. The Morgan fingerprint density at radius 2 is 1.69 bits per heavy atom. The van der Waals surface area contributed by atoms with Crippen molar-refractivity contribution in [3.63, 3.8) is 0 Å². The number of aliphatic hydroxyl groups excluding tert-OH is 2. The molecule has 4 heteroatoms. The quantitative estimate of drug-likeness (QED) is 0.642. The third-order valence-corrected chi connectivity index (χ3v) is 2.07. The van der Waals surface area contributed by atoms with Gasteiger partial charge < -0.3 is 19.7 Å². The van der Waals surface area contributed by atoms with Crippen LogP contribution in [0.25, 0.3) is 0 Å². The lowest BCUT2D eigenvalue weighted by Gasteiger charge is -2.11. The van der Waals surface area contributed by atoms with Crippen LogP contribution in [-0.4, -0.2) is 43.2 Å². The zero-order valence-electron chi connectivity index (χ0n) is 9.21. The first-order chi connectivity index (χ1) is 7.84. The molecule has 0 saturated heterocycles. The highest BCUT2D eigenvalue weighted by molar-refractivity contribution is 5.17. The molecule has 1 unspecified atom stereocenters. The minimum Gasteiger partial charge on any atom is -0.394 e. The molecule has 1 rings (SSSR count). The molecule has 0 aromatic heterocycles. The van der Waals surface area contributed by atoms with Crippen molar-refractivity contribution in [1.82, 2.24) is 0 Å². The maximum Gasteiger partial charge on any atom is 0.102 e. The second-order valence-electron chi connectivity index (χ2n) is 3.34. The SMILES string of the molecule is OCCOCCOCC(O)c1ccccc1. The van der Waals surface area contributed by atoms with E-state index in [0.717, 1.165) is 5.56 Å². The Bertz CT molecular complexity index is 263. The van der Waals surface area contributed by atoms with E-state index in [1.54, 1.807) is 0 Å². The van der Waals surface area contributed by atoms with Crippen molar-refractivity contribution >= 4 is 0 Å². The molecule has 0 aliphatic heterocycles. The molecular formula is C12H18O4. The van der Waals surface area contributed by atoms with Crippen LogP contribution in [0.1, 0.15) is 11.7 Å². The van der Waals surface area contributed by atoms with Gasteiger partial charge in [0.05, 0.1) is 33.0 Å². The Balaban J connectivity index is 2.09. The van der Waals surface area contributed by atoms with Gasteiger partial charge in [-0.1, -0.05) is 30.3 Å². The zero-order valence-corrected chi connectivity index (χ0v) is 9.21. The zero-order chi connectivity index (χ0) is 11.6. The molecule has 4 nitrogen and oxygen atoms in total. The lowest BCUT2D eigenvalue weighted by Crippen LogP contribution is -2.12. The van der Waals surface area contributed by atoms with Gasteiger partial charge in [-0.3, -0.25) is 0 Å². The van der Waals surface area contributed by atoms with Gasteiger partial charge in [0.2, 0.25) is 0 Å². The van der Waals surface area contributed by atoms with Gasteiger partial charge in [-0.25, -0.2) is 0 Å². The van der Waals surface area contributed by atoms with E-state index in [4.69, 9.17) is 14.6 Å². The molecule has 0 aliphatic carbocycles. The topological polar surface area (TPSA) is 58.9 Å². The van der Waals surface area contributed by atoms with E-state index < -0.39 is 6.10 Å². The van der Waals surface area contributed by atoms with Crippen LogP contribution in [0.15, 0.2) is 30.3 Å². The van der Waals surface area contributed by atoms with E-state index in [1.165, 1.54) is 0 Å². The normalized spacial score (nSPS) is 12.6. The van der Waals surface area contributed by atoms with E-state index >= 15 is 0 Å². The fourth-order valence-electron chi connectivity index (χ4n) is 1.25. The van der Waals surface area contributed by atoms with Crippen molar-refractivity contribution in [3.8, 4) is 0 Å². The first-order valence-electron chi connectivity index (χ1n) is 5.34. The van der Waals surface area contributed by atoms with Gasteiger partial charge in [0, 0.05) is 0 Å². The third kappa shape index (κ3) is 5.23. The minimum absolute atomic E-state index is 0.0205. The molecule has 0 spiro atoms. The molecule has 2 N–H and O–H groups in total.